The molecule has 122 valence electrons. The van der Waals surface area contributed by atoms with Gasteiger partial charge >= 0.3 is 5.97 Å². The van der Waals surface area contributed by atoms with Crippen molar-refractivity contribution in [2.75, 3.05) is 26.9 Å². The van der Waals surface area contributed by atoms with Crippen molar-refractivity contribution in [1.29, 1.82) is 0 Å². The number of benzene rings is 1. The number of carboxylic acids is 1. The lowest BCUT2D eigenvalue weighted by molar-refractivity contribution is -0.141. The highest BCUT2D eigenvalue weighted by molar-refractivity contribution is 5.77. The van der Waals surface area contributed by atoms with Crippen LogP contribution in [0.4, 0.5) is 0 Å². The number of carbonyl (C=O) groups excluding carboxylic acids is 1. The second-order valence-electron chi connectivity index (χ2n) is 4.86. The standard InChI is InChI=1S/C16H23NO5/c1-3-22-14-6-4-12(5-7-14)10-13(16(19)20)11-17-15(18)8-9-21-2/h4-7,13H,3,8-11H2,1-2H3,(H,17,18)(H,19,20). The van der Waals surface area contributed by atoms with Crippen LogP contribution in [0, 0.1) is 5.92 Å². The fourth-order valence-corrected chi connectivity index (χ4v) is 1.94. The van der Waals surface area contributed by atoms with Crippen LogP contribution < -0.4 is 10.1 Å². The van der Waals surface area contributed by atoms with E-state index in [2.05, 4.69) is 5.32 Å². The van der Waals surface area contributed by atoms with E-state index in [1.54, 1.807) is 0 Å². The molecule has 0 fully saturated rings. The lowest BCUT2D eigenvalue weighted by Crippen LogP contribution is -2.34. The van der Waals surface area contributed by atoms with Crippen molar-refractivity contribution in [2.45, 2.75) is 19.8 Å². The summed E-state index contributed by atoms with van der Waals surface area (Å²) in [5.41, 5.74) is 0.891. The van der Waals surface area contributed by atoms with Gasteiger partial charge in [0.05, 0.1) is 19.1 Å². The van der Waals surface area contributed by atoms with E-state index in [1.807, 2.05) is 31.2 Å². The summed E-state index contributed by atoms with van der Waals surface area (Å²) in [6.45, 7) is 2.92. The number of methoxy groups -OCH3 is 1. The van der Waals surface area contributed by atoms with Crippen LogP contribution in [0.3, 0.4) is 0 Å². The minimum absolute atomic E-state index is 0.102. The molecule has 6 heteroatoms. The van der Waals surface area contributed by atoms with Gasteiger partial charge in [-0.15, -0.1) is 0 Å². The van der Waals surface area contributed by atoms with Gasteiger partial charge in [0, 0.05) is 20.1 Å². The van der Waals surface area contributed by atoms with Gasteiger partial charge < -0.3 is 19.9 Å². The summed E-state index contributed by atoms with van der Waals surface area (Å²) in [5, 5.41) is 11.9. The maximum absolute atomic E-state index is 11.5. The molecule has 1 amide bonds. The van der Waals surface area contributed by atoms with E-state index in [1.165, 1.54) is 7.11 Å². The van der Waals surface area contributed by atoms with Crippen molar-refractivity contribution in [3.8, 4) is 5.75 Å². The molecular weight excluding hydrogens is 286 g/mol. The number of hydrogen-bond acceptors (Lipinski definition) is 4. The molecule has 0 aliphatic heterocycles. The molecule has 1 unspecified atom stereocenters. The summed E-state index contributed by atoms with van der Waals surface area (Å²) < 4.78 is 10.1. The molecule has 22 heavy (non-hydrogen) atoms. The van der Waals surface area contributed by atoms with Gasteiger partial charge in [-0.1, -0.05) is 12.1 Å². The largest absolute Gasteiger partial charge is 0.494 e. The Hall–Kier alpha value is -2.08. The lowest BCUT2D eigenvalue weighted by Gasteiger charge is -2.14. The highest BCUT2D eigenvalue weighted by Gasteiger charge is 2.19. The molecule has 1 atom stereocenters. The van der Waals surface area contributed by atoms with E-state index in [0.717, 1.165) is 11.3 Å². The van der Waals surface area contributed by atoms with Crippen molar-refractivity contribution in [1.82, 2.24) is 5.32 Å². The van der Waals surface area contributed by atoms with Crippen LogP contribution in [0.1, 0.15) is 18.9 Å². The van der Waals surface area contributed by atoms with Crippen LogP contribution >= 0.6 is 0 Å². The summed E-state index contributed by atoms with van der Waals surface area (Å²) in [6, 6.07) is 7.31. The molecular formula is C16H23NO5. The zero-order chi connectivity index (χ0) is 16.4. The number of carbonyl (C=O) groups is 2. The number of nitrogens with one attached hydrogen (secondary N) is 1. The normalized spacial score (nSPS) is 11.7. The zero-order valence-electron chi connectivity index (χ0n) is 13.0. The molecule has 0 spiro atoms. The maximum atomic E-state index is 11.5. The van der Waals surface area contributed by atoms with Crippen LogP contribution in [0.15, 0.2) is 24.3 Å². The first-order valence-electron chi connectivity index (χ1n) is 7.27. The minimum Gasteiger partial charge on any atom is -0.494 e. The van der Waals surface area contributed by atoms with Gasteiger partial charge in [0.15, 0.2) is 0 Å². The predicted molar refractivity (Wildman–Crippen MR) is 81.9 cm³/mol. The topological polar surface area (TPSA) is 84.9 Å². The Morgan fingerprint density at radius 1 is 1.27 bits per heavy atom. The van der Waals surface area contributed by atoms with Crippen molar-refractivity contribution in [3.63, 3.8) is 0 Å². The van der Waals surface area contributed by atoms with Crippen molar-refractivity contribution in [3.05, 3.63) is 29.8 Å². The van der Waals surface area contributed by atoms with Gasteiger partial charge in [0.1, 0.15) is 5.75 Å². The number of aliphatic carboxylic acids is 1. The van der Waals surface area contributed by atoms with Gasteiger partial charge in [0.25, 0.3) is 0 Å². The summed E-state index contributed by atoms with van der Waals surface area (Å²) in [7, 11) is 1.51. The number of ether oxygens (including phenoxy) is 2. The first-order chi connectivity index (χ1) is 10.6. The SMILES string of the molecule is CCOc1ccc(CC(CNC(=O)CCOC)C(=O)O)cc1. The number of carboxylic acid groups (broad SMARTS) is 1. The first kappa shape index (κ1) is 18.0. The fourth-order valence-electron chi connectivity index (χ4n) is 1.94. The maximum Gasteiger partial charge on any atom is 0.308 e. The predicted octanol–water partition coefficient (Wildman–Crippen LogP) is 1.48. The van der Waals surface area contributed by atoms with Gasteiger partial charge in [-0.25, -0.2) is 0 Å². The quantitative estimate of drug-likeness (QED) is 0.684. The molecule has 0 saturated heterocycles. The average Bonchev–Trinajstić information content (AvgIpc) is 2.51. The molecule has 1 aromatic rings. The Labute approximate surface area is 130 Å². The van der Waals surface area contributed by atoms with E-state index in [9.17, 15) is 14.7 Å². The van der Waals surface area contributed by atoms with E-state index in [0.29, 0.717) is 19.6 Å². The molecule has 2 N–H and O–H groups in total. The van der Waals surface area contributed by atoms with Crippen LogP contribution in [0.5, 0.6) is 5.75 Å². The van der Waals surface area contributed by atoms with Crippen molar-refractivity contribution >= 4 is 11.9 Å². The molecule has 0 saturated carbocycles. The molecule has 0 aliphatic rings. The minimum atomic E-state index is -0.930. The molecule has 0 aliphatic carbocycles. The van der Waals surface area contributed by atoms with Gasteiger partial charge in [0.2, 0.25) is 5.91 Å². The zero-order valence-corrected chi connectivity index (χ0v) is 13.0. The van der Waals surface area contributed by atoms with Gasteiger partial charge in [-0.05, 0) is 31.0 Å². The molecule has 1 rings (SSSR count). The Balaban J connectivity index is 2.53. The second-order valence-corrected chi connectivity index (χ2v) is 4.86. The van der Waals surface area contributed by atoms with Crippen molar-refractivity contribution in [2.24, 2.45) is 5.92 Å². The molecule has 0 heterocycles. The summed E-state index contributed by atoms with van der Waals surface area (Å²) in [4.78, 5) is 22.8. The average molecular weight is 309 g/mol. The van der Waals surface area contributed by atoms with E-state index >= 15 is 0 Å². The number of hydrogen-bond donors (Lipinski definition) is 2. The molecule has 6 nitrogen and oxygen atoms in total. The summed E-state index contributed by atoms with van der Waals surface area (Å²) in [5.74, 6) is -1.05. The van der Waals surface area contributed by atoms with Crippen LogP contribution in [-0.2, 0) is 20.7 Å². The summed E-state index contributed by atoms with van der Waals surface area (Å²) in [6.07, 6.45) is 0.582. The lowest BCUT2D eigenvalue weighted by atomic mass is 9.99. The molecule has 0 aromatic heterocycles. The fraction of sp³-hybridized carbons (Fsp3) is 0.500. The van der Waals surface area contributed by atoms with Gasteiger partial charge in [-0.2, -0.15) is 0 Å². The smallest absolute Gasteiger partial charge is 0.308 e. The summed E-state index contributed by atoms with van der Waals surface area (Å²) >= 11 is 0. The van der Waals surface area contributed by atoms with E-state index < -0.39 is 11.9 Å². The highest BCUT2D eigenvalue weighted by Crippen LogP contribution is 2.15. The van der Waals surface area contributed by atoms with Crippen LogP contribution in [0.25, 0.3) is 0 Å². The molecule has 1 aromatic carbocycles. The third-order valence-electron chi connectivity index (χ3n) is 3.14. The van der Waals surface area contributed by atoms with E-state index in [4.69, 9.17) is 9.47 Å². The van der Waals surface area contributed by atoms with Gasteiger partial charge in [-0.3, -0.25) is 9.59 Å². The number of amides is 1. The Morgan fingerprint density at radius 3 is 2.50 bits per heavy atom. The highest BCUT2D eigenvalue weighted by atomic mass is 16.5. The third-order valence-corrected chi connectivity index (χ3v) is 3.14. The molecule has 0 radical (unpaired) electrons. The van der Waals surface area contributed by atoms with Crippen LogP contribution in [0.2, 0.25) is 0 Å². The van der Waals surface area contributed by atoms with E-state index in [-0.39, 0.29) is 18.9 Å². The Morgan fingerprint density at radius 2 is 1.95 bits per heavy atom. The Kier molecular flexibility index (Phi) is 7.99. The first-order valence-corrected chi connectivity index (χ1v) is 7.27. The Bertz CT molecular complexity index is 472. The monoisotopic (exact) mass is 309 g/mol. The third kappa shape index (κ3) is 6.58. The molecule has 0 bridgehead atoms. The second kappa shape index (κ2) is 9.78. The van der Waals surface area contributed by atoms with Crippen LogP contribution in [-0.4, -0.2) is 43.9 Å². The van der Waals surface area contributed by atoms with Crippen molar-refractivity contribution < 1.29 is 24.2 Å². The number of rotatable bonds is 10.